The van der Waals surface area contributed by atoms with Gasteiger partial charge in [0, 0.05) is 20.6 Å². The second-order valence-electron chi connectivity index (χ2n) is 5.99. The van der Waals surface area contributed by atoms with Crippen LogP contribution in [0.4, 0.5) is 5.69 Å². The summed E-state index contributed by atoms with van der Waals surface area (Å²) in [6.45, 7) is 2.43. The maximum absolute atomic E-state index is 12.6. The van der Waals surface area contributed by atoms with Crippen LogP contribution in [0.5, 0.6) is 5.75 Å². The van der Waals surface area contributed by atoms with E-state index in [1.165, 1.54) is 14.1 Å². The molecule has 0 aliphatic carbocycles. The van der Waals surface area contributed by atoms with Crippen LogP contribution in [0.1, 0.15) is 12.5 Å². The topological polar surface area (TPSA) is 79.0 Å². The summed E-state index contributed by atoms with van der Waals surface area (Å²) in [5.74, 6) is 0.330. The van der Waals surface area contributed by atoms with Crippen LogP contribution in [0.3, 0.4) is 0 Å². The molecule has 27 heavy (non-hydrogen) atoms. The molecule has 0 spiro atoms. The van der Waals surface area contributed by atoms with Gasteiger partial charge in [0.2, 0.25) is 5.91 Å². The number of amides is 1. The number of hydrogen-bond donors (Lipinski definition) is 1. The summed E-state index contributed by atoms with van der Waals surface area (Å²) in [5.41, 5.74) is 1.30. The van der Waals surface area contributed by atoms with Gasteiger partial charge in [0.15, 0.2) is 0 Å². The number of ether oxygens (including phenoxy) is 1. The fraction of sp³-hybridized carbons (Fsp3) is 0.316. The van der Waals surface area contributed by atoms with E-state index in [1.54, 1.807) is 30.3 Å². The molecule has 0 aliphatic rings. The minimum Gasteiger partial charge on any atom is -0.494 e. The monoisotopic (exact) mass is 391 g/mol. The molecule has 0 aliphatic heterocycles. The third-order valence-electron chi connectivity index (χ3n) is 3.77. The lowest BCUT2D eigenvalue weighted by Crippen LogP contribution is -2.45. The first kappa shape index (κ1) is 20.7. The van der Waals surface area contributed by atoms with Crippen LogP contribution in [0.2, 0.25) is 0 Å². The number of benzene rings is 2. The maximum Gasteiger partial charge on any atom is 0.304 e. The minimum absolute atomic E-state index is 0.282. The van der Waals surface area contributed by atoms with E-state index in [1.807, 2.05) is 31.2 Å². The summed E-state index contributed by atoms with van der Waals surface area (Å²) in [4.78, 5) is 12.4. The predicted molar refractivity (Wildman–Crippen MR) is 106 cm³/mol. The van der Waals surface area contributed by atoms with Gasteiger partial charge in [-0.1, -0.05) is 30.3 Å². The van der Waals surface area contributed by atoms with Gasteiger partial charge in [0.05, 0.1) is 12.3 Å². The van der Waals surface area contributed by atoms with Crippen LogP contribution < -0.4 is 14.4 Å². The van der Waals surface area contributed by atoms with Crippen LogP contribution in [0.15, 0.2) is 54.6 Å². The number of para-hydroxylation sites is 1. The fourth-order valence-electron chi connectivity index (χ4n) is 2.40. The summed E-state index contributed by atoms with van der Waals surface area (Å²) in [5, 5.41) is 2.76. The molecule has 0 saturated heterocycles. The lowest BCUT2D eigenvalue weighted by Gasteiger charge is -2.26. The summed E-state index contributed by atoms with van der Waals surface area (Å²) >= 11 is 0. The zero-order chi connectivity index (χ0) is 19.9. The molecule has 2 aromatic carbocycles. The van der Waals surface area contributed by atoms with Gasteiger partial charge in [-0.2, -0.15) is 12.7 Å². The zero-order valence-corrected chi connectivity index (χ0v) is 16.6. The second kappa shape index (κ2) is 9.38. The largest absolute Gasteiger partial charge is 0.494 e. The summed E-state index contributed by atoms with van der Waals surface area (Å²) in [6.07, 6.45) is 0. The summed E-state index contributed by atoms with van der Waals surface area (Å²) < 4.78 is 32.8. The van der Waals surface area contributed by atoms with Crippen molar-refractivity contribution in [2.45, 2.75) is 13.5 Å². The molecule has 1 N–H and O–H groups in total. The number of rotatable bonds is 9. The van der Waals surface area contributed by atoms with Crippen LogP contribution in [0, 0.1) is 0 Å². The van der Waals surface area contributed by atoms with Gasteiger partial charge in [-0.15, -0.1) is 0 Å². The highest BCUT2D eigenvalue weighted by atomic mass is 32.2. The first-order chi connectivity index (χ1) is 12.8. The molecule has 2 aromatic rings. The molecule has 0 fully saturated rings. The van der Waals surface area contributed by atoms with Gasteiger partial charge in [0.1, 0.15) is 12.3 Å². The predicted octanol–water partition coefficient (Wildman–Crippen LogP) is 2.01. The molecule has 2 rings (SSSR count). The molecule has 1 amide bonds. The van der Waals surface area contributed by atoms with Crippen LogP contribution in [-0.2, 0) is 21.5 Å². The van der Waals surface area contributed by atoms with Crippen molar-refractivity contribution >= 4 is 21.8 Å². The number of carbonyl (C=O) groups excluding carboxylic acids is 1. The quantitative estimate of drug-likeness (QED) is 0.709. The Morgan fingerprint density at radius 2 is 1.78 bits per heavy atom. The van der Waals surface area contributed by atoms with Crippen molar-refractivity contribution in [3.05, 3.63) is 60.2 Å². The first-order valence-electron chi connectivity index (χ1n) is 8.58. The van der Waals surface area contributed by atoms with Gasteiger partial charge in [-0.25, -0.2) is 4.31 Å². The normalized spacial score (nSPS) is 11.3. The third kappa shape index (κ3) is 5.70. The van der Waals surface area contributed by atoms with Crippen LogP contribution in [-0.4, -0.2) is 45.9 Å². The molecular weight excluding hydrogens is 366 g/mol. The highest BCUT2D eigenvalue weighted by Gasteiger charge is 2.27. The van der Waals surface area contributed by atoms with Gasteiger partial charge >= 0.3 is 10.2 Å². The van der Waals surface area contributed by atoms with Crippen molar-refractivity contribution in [1.82, 2.24) is 9.62 Å². The fourth-order valence-corrected chi connectivity index (χ4v) is 3.46. The van der Waals surface area contributed by atoms with Gasteiger partial charge < -0.3 is 10.1 Å². The summed E-state index contributed by atoms with van der Waals surface area (Å²) in [7, 11) is -0.932. The van der Waals surface area contributed by atoms with Crippen molar-refractivity contribution in [3.8, 4) is 5.75 Å². The minimum atomic E-state index is -3.80. The Hall–Kier alpha value is -2.58. The molecule has 146 valence electrons. The molecule has 0 saturated carbocycles. The Balaban J connectivity index is 2.09. The Morgan fingerprint density at radius 3 is 2.41 bits per heavy atom. The highest BCUT2D eigenvalue weighted by molar-refractivity contribution is 7.90. The summed E-state index contributed by atoms with van der Waals surface area (Å²) in [6, 6.07) is 15.9. The second-order valence-corrected chi connectivity index (χ2v) is 8.06. The molecule has 0 radical (unpaired) electrons. The molecule has 7 nitrogen and oxygen atoms in total. The van der Waals surface area contributed by atoms with E-state index in [0.717, 1.165) is 19.9 Å². The van der Waals surface area contributed by atoms with E-state index in [4.69, 9.17) is 4.74 Å². The Kier molecular flexibility index (Phi) is 7.20. The molecule has 8 heteroatoms. The average molecular weight is 391 g/mol. The van der Waals surface area contributed by atoms with Gasteiger partial charge in [-0.3, -0.25) is 4.79 Å². The van der Waals surface area contributed by atoms with Gasteiger partial charge in [0.25, 0.3) is 0 Å². The van der Waals surface area contributed by atoms with Crippen LogP contribution >= 0.6 is 0 Å². The lowest BCUT2D eigenvalue weighted by atomic mass is 10.2. The van der Waals surface area contributed by atoms with E-state index in [2.05, 4.69) is 5.32 Å². The van der Waals surface area contributed by atoms with E-state index in [0.29, 0.717) is 12.3 Å². The standard InChI is InChI=1S/C19H25N3O4S/c1-4-26-18-12-8-9-16(13-18)14-20-19(23)15-22(27(24,25)21(2)3)17-10-6-5-7-11-17/h5-13H,4,14-15H2,1-3H3,(H,20,23). The third-order valence-corrected chi connectivity index (χ3v) is 5.59. The van der Waals surface area contributed by atoms with Crippen molar-refractivity contribution < 1.29 is 17.9 Å². The molecule has 0 heterocycles. The van der Waals surface area contributed by atoms with Crippen LogP contribution in [0.25, 0.3) is 0 Å². The highest BCUT2D eigenvalue weighted by Crippen LogP contribution is 2.18. The molecule has 0 bridgehead atoms. The smallest absolute Gasteiger partial charge is 0.304 e. The zero-order valence-electron chi connectivity index (χ0n) is 15.8. The number of nitrogens with zero attached hydrogens (tertiary/aromatic N) is 2. The maximum atomic E-state index is 12.6. The van der Waals surface area contributed by atoms with Gasteiger partial charge in [-0.05, 0) is 36.8 Å². The van der Waals surface area contributed by atoms with E-state index >= 15 is 0 Å². The van der Waals surface area contributed by atoms with Crippen molar-refractivity contribution in [3.63, 3.8) is 0 Å². The molecule has 0 aromatic heterocycles. The van der Waals surface area contributed by atoms with Crippen molar-refractivity contribution in [2.75, 3.05) is 31.6 Å². The Labute approximate surface area is 160 Å². The molecular formula is C19H25N3O4S. The lowest BCUT2D eigenvalue weighted by molar-refractivity contribution is -0.119. The average Bonchev–Trinajstić information content (AvgIpc) is 2.65. The number of nitrogens with one attached hydrogen (secondary N) is 1. The molecule has 0 atom stereocenters. The van der Waals surface area contributed by atoms with E-state index < -0.39 is 16.1 Å². The van der Waals surface area contributed by atoms with E-state index in [-0.39, 0.29) is 13.1 Å². The molecule has 0 unspecified atom stereocenters. The first-order valence-corrected chi connectivity index (χ1v) is 9.98. The number of hydrogen-bond acceptors (Lipinski definition) is 4. The van der Waals surface area contributed by atoms with E-state index in [9.17, 15) is 13.2 Å². The Morgan fingerprint density at radius 1 is 1.07 bits per heavy atom. The number of anilines is 1. The number of carbonyl (C=O) groups is 1. The Bertz CT molecular complexity index is 854. The van der Waals surface area contributed by atoms with Crippen molar-refractivity contribution in [2.24, 2.45) is 0 Å². The van der Waals surface area contributed by atoms with Crippen molar-refractivity contribution in [1.29, 1.82) is 0 Å². The SMILES string of the molecule is CCOc1cccc(CNC(=O)CN(c2ccccc2)S(=O)(=O)N(C)C)c1.